The second-order valence-corrected chi connectivity index (χ2v) is 9.97. The highest BCUT2D eigenvalue weighted by molar-refractivity contribution is 5.45. The Bertz CT molecular complexity index is 1080. The van der Waals surface area contributed by atoms with Crippen molar-refractivity contribution in [2.75, 3.05) is 0 Å². The predicted molar refractivity (Wildman–Crippen MR) is 142 cm³/mol. The van der Waals surface area contributed by atoms with Crippen LogP contribution in [0.5, 0.6) is 11.5 Å². The first kappa shape index (κ1) is 24.8. The van der Waals surface area contributed by atoms with Crippen LogP contribution in [0.2, 0.25) is 0 Å². The summed E-state index contributed by atoms with van der Waals surface area (Å²) in [5.74, 6) is 2.89. The van der Waals surface area contributed by atoms with Gasteiger partial charge < -0.3 is 14.7 Å². The second kappa shape index (κ2) is 11.9. The molecule has 5 heteroatoms. The first-order valence-corrected chi connectivity index (χ1v) is 12.9. The highest BCUT2D eigenvalue weighted by atomic mass is 16.5. The van der Waals surface area contributed by atoms with Gasteiger partial charge in [-0.1, -0.05) is 52.0 Å². The van der Waals surface area contributed by atoms with E-state index in [1.165, 1.54) is 22.3 Å². The van der Waals surface area contributed by atoms with Crippen LogP contribution in [0.1, 0.15) is 86.0 Å². The van der Waals surface area contributed by atoms with Crippen LogP contribution in [0.3, 0.4) is 0 Å². The van der Waals surface area contributed by atoms with Gasteiger partial charge in [0.05, 0.1) is 24.0 Å². The molecule has 0 saturated carbocycles. The zero-order chi connectivity index (χ0) is 24.6. The van der Waals surface area contributed by atoms with E-state index in [0.717, 1.165) is 61.4 Å². The molecule has 4 aromatic rings. The Balaban J connectivity index is 1.54. The maximum atomic E-state index is 6.64. The molecule has 0 spiro atoms. The van der Waals surface area contributed by atoms with Gasteiger partial charge in [-0.3, -0.25) is 0 Å². The largest absolute Gasteiger partial charge is 0.457 e. The summed E-state index contributed by atoms with van der Waals surface area (Å²) >= 11 is 0. The van der Waals surface area contributed by atoms with E-state index < -0.39 is 0 Å². The molecule has 0 bridgehead atoms. The fourth-order valence-corrected chi connectivity index (χ4v) is 4.40. The van der Waals surface area contributed by atoms with E-state index in [1.807, 2.05) is 12.4 Å². The molecular weight excluding hydrogens is 432 g/mol. The van der Waals surface area contributed by atoms with Gasteiger partial charge in [-0.25, -0.2) is 9.97 Å². The lowest BCUT2D eigenvalue weighted by Gasteiger charge is -2.18. The number of nitrogens with zero attached hydrogens (tertiary/aromatic N) is 2. The van der Waals surface area contributed by atoms with Crippen LogP contribution in [0.4, 0.5) is 0 Å². The Labute approximate surface area is 209 Å². The minimum atomic E-state index is 0.483. The van der Waals surface area contributed by atoms with Gasteiger partial charge in [0.1, 0.15) is 11.5 Å². The Hall–Kier alpha value is -3.34. The highest BCUT2D eigenvalue weighted by Gasteiger charge is 2.13. The number of H-pyrrole nitrogens is 2. The van der Waals surface area contributed by atoms with Gasteiger partial charge in [-0.15, -0.1) is 0 Å². The van der Waals surface area contributed by atoms with Crippen molar-refractivity contribution >= 4 is 0 Å². The van der Waals surface area contributed by atoms with E-state index in [0.29, 0.717) is 11.8 Å². The average Bonchev–Trinajstić information content (AvgIpc) is 3.55. The van der Waals surface area contributed by atoms with Crippen LogP contribution < -0.4 is 4.74 Å². The zero-order valence-corrected chi connectivity index (χ0v) is 21.5. The summed E-state index contributed by atoms with van der Waals surface area (Å²) in [6.45, 7) is 8.97. The fourth-order valence-electron chi connectivity index (χ4n) is 4.40. The minimum absolute atomic E-state index is 0.483. The Morgan fingerprint density at radius 1 is 0.657 bits per heavy atom. The minimum Gasteiger partial charge on any atom is -0.457 e. The second-order valence-electron chi connectivity index (χ2n) is 9.97. The lowest BCUT2D eigenvalue weighted by Crippen LogP contribution is -2.01. The van der Waals surface area contributed by atoms with Gasteiger partial charge >= 0.3 is 0 Å². The van der Waals surface area contributed by atoms with E-state index in [1.54, 1.807) is 12.7 Å². The molecule has 0 fully saturated rings. The van der Waals surface area contributed by atoms with E-state index >= 15 is 0 Å². The predicted octanol–water partition coefficient (Wildman–Crippen LogP) is 7.52. The summed E-state index contributed by atoms with van der Waals surface area (Å²) in [6, 6.07) is 13.4. The van der Waals surface area contributed by atoms with Crippen molar-refractivity contribution in [1.82, 2.24) is 19.9 Å². The third-order valence-corrected chi connectivity index (χ3v) is 6.59. The summed E-state index contributed by atoms with van der Waals surface area (Å²) in [4.78, 5) is 14.8. The number of hydrogen-bond acceptors (Lipinski definition) is 3. The average molecular weight is 471 g/mol. The molecule has 5 nitrogen and oxygen atoms in total. The molecule has 0 unspecified atom stereocenters. The van der Waals surface area contributed by atoms with Crippen molar-refractivity contribution < 1.29 is 4.74 Å². The van der Waals surface area contributed by atoms with Crippen LogP contribution in [0, 0.1) is 0 Å². The molecule has 0 aliphatic heterocycles. The number of aromatic amines is 2. The van der Waals surface area contributed by atoms with Crippen molar-refractivity contribution in [3.05, 3.63) is 95.1 Å². The fraction of sp³-hybridized carbons (Fsp3) is 0.400. The zero-order valence-electron chi connectivity index (χ0n) is 21.5. The number of benzene rings is 2. The molecule has 0 amide bonds. The number of ether oxygens (including phenoxy) is 1. The summed E-state index contributed by atoms with van der Waals surface area (Å²) in [7, 11) is 0. The molecule has 2 heterocycles. The molecule has 0 atom stereocenters. The normalized spacial score (nSPS) is 11.5. The molecule has 2 N–H and O–H groups in total. The van der Waals surface area contributed by atoms with E-state index in [9.17, 15) is 0 Å². The number of rotatable bonds is 12. The molecule has 0 radical (unpaired) electrons. The smallest absolute Gasteiger partial charge is 0.130 e. The van der Waals surface area contributed by atoms with Crippen LogP contribution in [0.15, 0.2) is 61.4 Å². The van der Waals surface area contributed by atoms with Gasteiger partial charge in [0.15, 0.2) is 0 Å². The molecule has 35 heavy (non-hydrogen) atoms. The molecular formula is C30H38N4O. The Kier molecular flexibility index (Phi) is 8.40. The van der Waals surface area contributed by atoms with E-state index in [2.05, 4.69) is 84.0 Å². The monoisotopic (exact) mass is 470 g/mol. The summed E-state index contributed by atoms with van der Waals surface area (Å²) in [5, 5.41) is 0. The molecule has 2 aromatic carbocycles. The van der Waals surface area contributed by atoms with Gasteiger partial charge in [0.25, 0.3) is 0 Å². The molecule has 0 saturated heterocycles. The molecule has 4 rings (SSSR count). The van der Waals surface area contributed by atoms with Gasteiger partial charge in [-0.2, -0.15) is 0 Å². The van der Waals surface area contributed by atoms with Gasteiger partial charge in [0.2, 0.25) is 0 Å². The van der Waals surface area contributed by atoms with Crippen molar-refractivity contribution in [3.63, 3.8) is 0 Å². The summed E-state index contributed by atoms with van der Waals surface area (Å²) in [5.41, 5.74) is 7.44. The van der Waals surface area contributed by atoms with Crippen LogP contribution in [0.25, 0.3) is 0 Å². The molecule has 2 aromatic heterocycles. The first-order valence-electron chi connectivity index (χ1n) is 12.9. The Morgan fingerprint density at radius 3 is 1.49 bits per heavy atom. The Morgan fingerprint density at radius 2 is 1.11 bits per heavy atom. The van der Waals surface area contributed by atoms with Gasteiger partial charge in [-0.05, 0) is 84.7 Å². The number of hydrogen-bond donors (Lipinski definition) is 2. The maximum Gasteiger partial charge on any atom is 0.130 e. The quantitative estimate of drug-likeness (QED) is 0.225. The summed E-state index contributed by atoms with van der Waals surface area (Å²) in [6.07, 6.45) is 13.4. The van der Waals surface area contributed by atoms with E-state index in [-0.39, 0.29) is 0 Å². The lowest BCUT2D eigenvalue weighted by molar-refractivity contribution is 0.467. The number of imidazole rings is 2. The summed E-state index contributed by atoms with van der Waals surface area (Å²) < 4.78 is 6.64. The van der Waals surface area contributed by atoms with Crippen molar-refractivity contribution in [3.8, 4) is 11.5 Å². The van der Waals surface area contributed by atoms with Crippen molar-refractivity contribution in [1.29, 1.82) is 0 Å². The highest BCUT2D eigenvalue weighted by Crippen LogP contribution is 2.34. The first-order chi connectivity index (χ1) is 17.0. The maximum absolute atomic E-state index is 6.64. The topological polar surface area (TPSA) is 66.6 Å². The standard InChI is InChI=1S/C30H38N4O/c1-21(2)23-11-13-29(25(15-23)7-5-9-27-17-31-19-33-27)35-30-14-12-24(22(3)4)16-26(30)8-6-10-28-18-32-20-34-28/h11-22H,5-10H2,1-4H3,(H,31,33)(H,32,34). The lowest BCUT2D eigenvalue weighted by atomic mass is 9.96. The van der Waals surface area contributed by atoms with Gasteiger partial charge in [0, 0.05) is 12.4 Å². The molecule has 184 valence electrons. The molecule has 0 aliphatic rings. The number of nitrogens with one attached hydrogen (secondary N) is 2. The van der Waals surface area contributed by atoms with E-state index in [4.69, 9.17) is 4.74 Å². The molecule has 0 aliphatic carbocycles. The van der Waals surface area contributed by atoms with Crippen molar-refractivity contribution in [2.24, 2.45) is 0 Å². The van der Waals surface area contributed by atoms with Crippen LogP contribution in [-0.2, 0) is 25.7 Å². The third kappa shape index (κ3) is 6.84. The van der Waals surface area contributed by atoms with Crippen molar-refractivity contribution in [2.45, 2.75) is 78.1 Å². The number of aromatic nitrogens is 4. The van der Waals surface area contributed by atoms with Crippen LogP contribution in [-0.4, -0.2) is 19.9 Å². The third-order valence-electron chi connectivity index (χ3n) is 6.59. The SMILES string of the molecule is CC(C)c1ccc(Oc2ccc(C(C)C)cc2CCCc2c[nH]cn2)c(CCCc2c[nH]cn2)c1. The number of aryl methyl sites for hydroxylation is 4. The van der Waals surface area contributed by atoms with Crippen LogP contribution >= 0.6 is 0 Å².